The van der Waals surface area contributed by atoms with Gasteiger partial charge in [-0.25, -0.2) is 9.48 Å². The molecule has 0 saturated heterocycles. The Kier molecular flexibility index (Phi) is 3.44. The van der Waals surface area contributed by atoms with Crippen LogP contribution in [0.5, 0.6) is 0 Å². The highest BCUT2D eigenvalue weighted by atomic mass is 16.4. The molecule has 0 fully saturated rings. The summed E-state index contributed by atoms with van der Waals surface area (Å²) in [6.45, 7) is 3.96. The number of aryl methyl sites for hydroxylation is 2. The molecule has 1 aromatic heterocycles. The first-order valence-electron chi connectivity index (χ1n) is 7.22. The Morgan fingerprint density at radius 1 is 1.41 bits per heavy atom. The number of benzene rings is 1. The minimum Gasteiger partial charge on any atom is -0.480 e. The zero-order valence-electron chi connectivity index (χ0n) is 12.5. The van der Waals surface area contributed by atoms with Crippen molar-refractivity contribution < 1.29 is 14.7 Å². The molecule has 1 aliphatic rings. The van der Waals surface area contributed by atoms with Crippen molar-refractivity contribution in [1.29, 1.82) is 0 Å². The van der Waals surface area contributed by atoms with Gasteiger partial charge in [-0.1, -0.05) is 36.8 Å². The van der Waals surface area contributed by atoms with Gasteiger partial charge in [0, 0.05) is 5.56 Å². The van der Waals surface area contributed by atoms with Gasteiger partial charge in [-0.2, -0.15) is 5.10 Å². The van der Waals surface area contributed by atoms with E-state index in [2.05, 4.69) is 10.4 Å². The molecule has 22 heavy (non-hydrogen) atoms. The minimum absolute atomic E-state index is 0.0967. The molecule has 0 saturated carbocycles. The Hall–Kier alpha value is -2.63. The molecule has 0 radical (unpaired) electrons. The first kappa shape index (κ1) is 14.3. The fraction of sp³-hybridized carbons (Fsp3) is 0.312. The number of hydrogen-bond donors (Lipinski definition) is 2. The Bertz CT molecular complexity index is 747. The van der Waals surface area contributed by atoms with Crippen molar-refractivity contribution >= 4 is 17.7 Å². The number of fused-ring (bicyclic) bond motifs is 1. The van der Waals surface area contributed by atoms with Gasteiger partial charge in [0.2, 0.25) is 5.91 Å². The molecule has 1 amide bonds. The van der Waals surface area contributed by atoms with E-state index in [1.54, 1.807) is 0 Å². The second-order valence-corrected chi connectivity index (χ2v) is 5.44. The lowest BCUT2D eigenvalue weighted by molar-refractivity contribution is -0.143. The van der Waals surface area contributed by atoms with Crippen LogP contribution < -0.4 is 5.32 Å². The molecule has 1 atom stereocenters. The highest BCUT2D eigenvalue weighted by molar-refractivity contribution is 5.99. The zero-order chi connectivity index (χ0) is 15.9. The normalized spacial score (nSPS) is 17.0. The molecule has 114 valence electrons. The maximum Gasteiger partial charge on any atom is 0.329 e. The number of amides is 1. The molecular formula is C16H17N3O3. The highest BCUT2D eigenvalue weighted by Crippen LogP contribution is 2.37. The molecule has 1 unspecified atom stereocenters. The first-order valence-corrected chi connectivity index (χ1v) is 7.22. The number of carbonyl (C=O) groups excluding carboxylic acids is 1. The van der Waals surface area contributed by atoms with Crippen LogP contribution in [0.2, 0.25) is 0 Å². The Balaban J connectivity index is 2.20. The van der Waals surface area contributed by atoms with Crippen molar-refractivity contribution in [1.82, 2.24) is 9.78 Å². The Morgan fingerprint density at radius 2 is 2.09 bits per heavy atom. The summed E-state index contributed by atoms with van der Waals surface area (Å²) >= 11 is 0. The largest absolute Gasteiger partial charge is 0.480 e. The predicted molar refractivity (Wildman–Crippen MR) is 81.7 cm³/mol. The van der Waals surface area contributed by atoms with E-state index < -0.39 is 12.0 Å². The van der Waals surface area contributed by atoms with Crippen molar-refractivity contribution in [2.24, 2.45) is 0 Å². The fourth-order valence-corrected chi connectivity index (χ4v) is 2.73. The van der Waals surface area contributed by atoms with Gasteiger partial charge in [-0.05, 0) is 18.9 Å². The summed E-state index contributed by atoms with van der Waals surface area (Å²) in [5.41, 5.74) is 3.65. The molecule has 1 aliphatic heterocycles. The van der Waals surface area contributed by atoms with Crippen molar-refractivity contribution in [2.45, 2.75) is 32.7 Å². The number of carboxylic acid groups (broad SMARTS) is 1. The number of hydrogen-bond acceptors (Lipinski definition) is 3. The molecule has 0 spiro atoms. The average Bonchev–Trinajstić information content (AvgIpc) is 2.85. The van der Waals surface area contributed by atoms with Gasteiger partial charge in [0.05, 0.1) is 12.1 Å². The average molecular weight is 299 g/mol. The van der Waals surface area contributed by atoms with Crippen LogP contribution in [0.1, 0.15) is 30.6 Å². The van der Waals surface area contributed by atoms with Gasteiger partial charge in [-0.3, -0.25) is 4.79 Å². The van der Waals surface area contributed by atoms with E-state index in [0.717, 1.165) is 22.4 Å². The van der Waals surface area contributed by atoms with E-state index in [1.807, 2.05) is 38.1 Å². The highest BCUT2D eigenvalue weighted by Gasteiger charge is 2.34. The summed E-state index contributed by atoms with van der Waals surface area (Å²) in [4.78, 5) is 23.3. The summed E-state index contributed by atoms with van der Waals surface area (Å²) in [6, 6.07) is 6.94. The Morgan fingerprint density at radius 3 is 2.68 bits per heavy atom. The van der Waals surface area contributed by atoms with E-state index in [1.165, 1.54) is 4.68 Å². The second-order valence-electron chi connectivity index (χ2n) is 5.44. The van der Waals surface area contributed by atoms with Gasteiger partial charge >= 0.3 is 5.97 Å². The summed E-state index contributed by atoms with van der Waals surface area (Å²) in [5, 5.41) is 16.5. The SMILES string of the molecule is CCc1nn2c(c1-c1ccc(C)cc1)NC(=O)CC2C(=O)O. The standard InChI is InChI=1S/C16H17N3O3/c1-3-11-14(10-6-4-9(2)5-7-10)15-17-13(20)8-12(16(21)22)19(15)18-11/h4-7,12H,3,8H2,1-2H3,(H,17,20)(H,21,22). The molecule has 6 nitrogen and oxygen atoms in total. The van der Waals surface area contributed by atoms with E-state index in [9.17, 15) is 14.7 Å². The zero-order valence-corrected chi connectivity index (χ0v) is 12.5. The third kappa shape index (κ3) is 2.26. The summed E-state index contributed by atoms with van der Waals surface area (Å²) < 4.78 is 1.43. The lowest BCUT2D eigenvalue weighted by Crippen LogP contribution is -2.32. The van der Waals surface area contributed by atoms with Crippen molar-refractivity contribution in [3.63, 3.8) is 0 Å². The lowest BCUT2D eigenvalue weighted by atomic mass is 10.0. The fourth-order valence-electron chi connectivity index (χ4n) is 2.73. The van der Waals surface area contributed by atoms with Crippen LogP contribution in [0.15, 0.2) is 24.3 Å². The van der Waals surface area contributed by atoms with E-state index >= 15 is 0 Å². The number of anilines is 1. The summed E-state index contributed by atoms with van der Waals surface area (Å²) in [5.74, 6) is -0.864. The number of carboxylic acids is 1. The molecule has 3 rings (SSSR count). The molecular weight excluding hydrogens is 282 g/mol. The second kappa shape index (κ2) is 5.29. The number of aromatic nitrogens is 2. The van der Waals surface area contributed by atoms with Crippen LogP contribution in [0.25, 0.3) is 11.1 Å². The molecule has 0 aliphatic carbocycles. The summed E-state index contributed by atoms with van der Waals surface area (Å²) in [7, 11) is 0. The first-order chi connectivity index (χ1) is 10.5. The Labute approximate surface area is 127 Å². The monoisotopic (exact) mass is 299 g/mol. The van der Waals surface area contributed by atoms with Gasteiger partial charge in [0.25, 0.3) is 0 Å². The van der Waals surface area contributed by atoms with Crippen LogP contribution >= 0.6 is 0 Å². The quantitative estimate of drug-likeness (QED) is 0.911. The van der Waals surface area contributed by atoms with Gasteiger partial charge in [0.1, 0.15) is 5.82 Å². The van der Waals surface area contributed by atoms with Crippen LogP contribution in [-0.2, 0) is 16.0 Å². The topological polar surface area (TPSA) is 84.2 Å². The van der Waals surface area contributed by atoms with Crippen molar-refractivity contribution in [2.75, 3.05) is 5.32 Å². The molecule has 1 aromatic carbocycles. The predicted octanol–water partition coefficient (Wildman–Crippen LogP) is 2.39. The molecule has 2 aromatic rings. The minimum atomic E-state index is -1.04. The van der Waals surface area contributed by atoms with Crippen molar-refractivity contribution in [3.8, 4) is 11.1 Å². The maximum atomic E-state index is 11.9. The van der Waals surface area contributed by atoms with Gasteiger partial charge < -0.3 is 10.4 Å². The van der Waals surface area contributed by atoms with E-state index in [4.69, 9.17) is 0 Å². The lowest BCUT2D eigenvalue weighted by Gasteiger charge is -2.22. The van der Waals surface area contributed by atoms with Crippen LogP contribution in [0, 0.1) is 6.92 Å². The molecule has 2 N–H and O–H groups in total. The third-order valence-electron chi connectivity index (χ3n) is 3.87. The van der Waals surface area contributed by atoms with E-state index in [-0.39, 0.29) is 12.3 Å². The number of nitrogens with zero attached hydrogens (tertiary/aromatic N) is 2. The molecule has 0 bridgehead atoms. The smallest absolute Gasteiger partial charge is 0.329 e. The molecule has 6 heteroatoms. The third-order valence-corrected chi connectivity index (χ3v) is 3.87. The van der Waals surface area contributed by atoms with Crippen LogP contribution in [0.4, 0.5) is 5.82 Å². The number of carbonyl (C=O) groups is 2. The number of rotatable bonds is 3. The summed E-state index contributed by atoms with van der Waals surface area (Å²) in [6.07, 6.45) is 0.561. The molecule has 2 heterocycles. The van der Waals surface area contributed by atoms with E-state index in [0.29, 0.717) is 12.2 Å². The van der Waals surface area contributed by atoms with Gasteiger partial charge in [-0.15, -0.1) is 0 Å². The van der Waals surface area contributed by atoms with Crippen LogP contribution in [-0.4, -0.2) is 26.8 Å². The maximum absolute atomic E-state index is 11.9. The number of nitrogens with one attached hydrogen (secondary N) is 1. The number of aliphatic carboxylic acids is 1. The van der Waals surface area contributed by atoms with Gasteiger partial charge in [0.15, 0.2) is 6.04 Å². The van der Waals surface area contributed by atoms with Crippen molar-refractivity contribution in [3.05, 3.63) is 35.5 Å². The van der Waals surface area contributed by atoms with Crippen LogP contribution in [0.3, 0.4) is 0 Å².